The molecule has 5 rings (SSSR count). The zero-order valence-corrected chi connectivity index (χ0v) is 20.8. The lowest BCUT2D eigenvalue weighted by atomic mass is 10.1. The van der Waals surface area contributed by atoms with Crippen molar-refractivity contribution in [3.05, 3.63) is 59.0 Å². The maximum Gasteiger partial charge on any atom is 0.419 e. The van der Waals surface area contributed by atoms with Gasteiger partial charge in [0.05, 0.1) is 16.3 Å². The predicted molar refractivity (Wildman–Crippen MR) is 134 cm³/mol. The van der Waals surface area contributed by atoms with Crippen LogP contribution >= 0.6 is 11.6 Å². The van der Waals surface area contributed by atoms with Crippen molar-refractivity contribution in [2.75, 3.05) is 47.4 Å². The van der Waals surface area contributed by atoms with Gasteiger partial charge in [-0.15, -0.1) is 0 Å². The van der Waals surface area contributed by atoms with Crippen molar-refractivity contribution in [1.29, 1.82) is 0 Å². The van der Waals surface area contributed by atoms with Crippen LogP contribution in [-0.2, 0) is 11.0 Å². The highest BCUT2D eigenvalue weighted by Gasteiger charge is 2.37. The van der Waals surface area contributed by atoms with Gasteiger partial charge in [-0.2, -0.15) is 18.2 Å². The molecule has 8 nitrogen and oxygen atoms in total. The minimum Gasteiger partial charge on any atom is -0.480 e. The number of carboxylic acid groups (broad SMARTS) is 1. The first-order chi connectivity index (χ1) is 18.1. The van der Waals surface area contributed by atoms with Crippen molar-refractivity contribution in [3.63, 3.8) is 0 Å². The summed E-state index contributed by atoms with van der Waals surface area (Å²) in [4.78, 5) is 30.1. The fourth-order valence-electron chi connectivity index (χ4n) is 4.80. The number of hydrogen-bond donors (Lipinski definition) is 1. The van der Waals surface area contributed by atoms with Gasteiger partial charge in [0.1, 0.15) is 23.5 Å². The molecule has 2 aliphatic rings. The van der Waals surface area contributed by atoms with E-state index >= 15 is 0 Å². The summed E-state index contributed by atoms with van der Waals surface area (Å²) in [5.74, 6) is -0.981. The zero-order valence-electron chi connectivity index (χ0n) is 20.0. The van der Waals surface area contributed by atoms with Gasteiger partial charge in [0.2, 0.25) is 5.95 Å². The lowest BCUT2D eigenvalue weighted by molar-refractivity contribution is -0.138. The number of hydrogen-bond acceptors (Lipinski definition) is 7. The first-order valence-corrected chi connectivity index (χ1v) is 12.4. The van der Waals surface area contributed by atoms with E-state index in [0.717, 1.165) is 6.07 Å². The van der Waals surface area contributed by atoms with Crippen molar-refractivity contribution < 1.29 is 27.5 Å². The average Bonchev–Trinajstić information content (AvgIpc) is 3.40. The van der Waals surface area contributed by atoms with Gasteiger partial charge in [-0.1, -0.05) is 11.6 Å². The second kappa shape index (κ2) is 10.2. The highest BCUT2D eigenvalue weighted by Crippen LogP contribution is 2.36. The Morgan fingerprint density at radius 3 is 2.45 bits per heavy atom. The van der Waals surface area contributed by atoms with Crippen molar-refractivity contribution in [2.45, 2.75) is 25.1 Å². The Morgan fingerprint density at radius 1 is 1.03 bits per heavy atom. The Bertz CT molecular complexity index is 1350. The molecule has 200 valence electrons. The molecular weight excluding hydrogens is 528 g/mol. The first-order valence-electron chi connectivity index (χ1n) is 12.0. The van der Waals surface area contributed by atoms with Gasteiger partial charge in [0, 0.05) is 50.6 Å². The molecule has 0 aliphatic carbocycles. The maximum absolute atomic E-state index is 13.8. The van der Waals surface area contributed by atoms with Crippen molar-refractivity contribution in [2.24, 2.45) is 0 Å². The molecule has 38 heavy (non-hydrogen) atoms. The van der Waals surface area contributed by atoms with Gasteiger partial charge in [0.25, 0.3) is 0 Å². The summed E-state index contributed by atoms with van der Waals surface area (Å²) < 4.78 is 54.3. The zero-order chi connectivity index (χ0) is 27.0. The molecule has 0 saturated carbocycles. The number of rotatable bonds is 5. The number of nitrogens with zero attached hydrogens (tertiary/aromatic N) is 6. The van der Waals surface area contributed by atoms with Crippen LogP contribution in [0, 0.1) is 5.82 Å². The maximum atomic E-state index is 13.8. The summed E-state index contributed by atoms with van der Waals surface area (Å²) in [5, 5.41) is 9.59. The minimum absolute atomic E-state index is 0.0850. The third kappa shape index (κ3) is 5.17. The van der Waals surface area contributed by atoms with Crippen LogP contribution in [-0.4, -0.2) is 64.8 Å². The normalized spacial score (nSPS) is 18.2. The Kier molecular flexibility index (Phi) is 6.99. The molecule has 0 radical (unpaired) electrons. The van der Waals surface area contributed by atoms with Crippen LogP contribution in [0.2, 0.25) is 5.02 Å². The average molecular weight is 551 g/mol. The number of anilines is 3. The topological polar surface area (TPSA) is 85.7 Å². The van der Waals surface area contributed by atoms with Crippen molar-refractivity contribution in [1.82, 2.24) is 15.0 Å². The second-order valence-electron chi connectivity index (χ2n) is 9.08. The molecule has 1 aromatic carbocycles. The number of alkyl halides is 3. The molecule has 13 heteroatoms. The SMILES string of the molecule is O=C(O)[C@@H]1CCCN1c1nc(-c2ccc(F)c(Cl)c2)cc(N2CCN(c3ncccc3C(F)(F)F)CC2)n1. The van der Waals surface area contributed by atoms with E-state index in [4.69, 9.17) is 11.6 Å². The third-order valence-corrected chi connectivity index (χ3v) is 7.00. The number of carboxylic acids is 1. The molecule has 2 saturated heterocycles. The van der Waals surface area contributed by atoms with Crippen molar-refractivity contribution in [3.8, 4) is 11.3 Å². The van der Waals surface area contributed by atoms with Crippen LogP contribution < -0.4 is 14.7 Å². The molecule has 4 heterocycles. The van der Waals surface area contributed by atoms with Gasteiger partial charge in [-0.05, 0) is 43.2 Å². The summed E-state index contributed by atoms with van der Waals surface area (Å²) >= 11 is 5.99. The van der Waals surface area contributed by atoms with Crippen molar-refractivity contribution >= 4 is 35.2 Å². The molecule has 2 aliphatic heterocycles. The molecule has 3 aromatic rings. The minimum atomic E-state index is -4.52. The molecule has 2 fully saturated rings. The van der Waals surface area contributed by atoms with Crippen LogP contribution in [0.15, 0.2) is 42.6 Å². The number of pyridine rings is 1. The second-order valence-corrected chi connectivity index (χ2v) is 9.48. The molecule has 0 unspecified atom stereocenters. The van der Waals surface area contributed by atoms with E-state index in [2.05, 4.69) is 15.0 Å². The molecule has 0 spiro atoms. The third-order valence-electron chi connectivity index (χ3n) is 6.71. The van der Waals surface area contributed by atoms with E-state index in [1.807, 2.05) is 4.90 Å². The van der Waals surface area contributed by atoms with Crippen LogP contribution in [0.3, 0.4) is 0 Å². The van der Waals surface area contributed by atoms with Crippen LogP contribution in [0.25, 0.3) is 11.3 Å². The Labute approximate surface area is 220 Å². The smallest absolute Gasteiger partial charge is 0.419 e. The fraction of sp³-hybridized carbons (Fsp3) is 0.360. The summed E-state index contributed by atoms with van der Waals surface area (Å²) in [5.41, 5.74) is 0.158. The van der Waals surface area contributed by atoms with Gasteiger partial charge in [-0.25, -0.2) is 19.2 Å². The molecule has 1 atom stereocenters. The lowest BCUT2D eigenvalue weighted by Crippen LogP contribution is -2.48. The number of aromatic nitrogens is 3. The molecular formula is C25H23ClF4N6O2. The molecule has 1 N–H and O–H groups in total. The fourth-order valence-corrected chi connectivity index (χ4v) is 4.98. The van der Waals surface area contributed by atoms with E-state index in [1.165, 1.54) is 30.5 Å². The standard InChI is InChI=1S/C25H23ClF4N6O2/c26-17-13-15(5-6-18(17)27)19-14-21(33-24(32-19)36-8-2-4-20(36)23(37)38)34-9-11-35(12-10-34)22-16(25(28,29)30)3-1-7-31-22/h1,3,5-7,13-14,20H,2,4,8-12H2,(H,37,38)/t20-/m0/s1. The van der Waals surface area contributed by atoms with E-state index in [1.54, 1.807) is 15.9 Å². The van der Waals surface area contributed by atoms with Gasteiger partial charge >= 0.3 is 12.1 Å². The van der Waals surface area contributed by atoms with Gasteiger partial charge < -0.3 is 19.8 Å². The number of carbonyl (C=O) groups is 1. The van der Waals surface area contributed by atoms with E-state index in [0.29, 0.717) is 49.6 Å². The van der Waals surface area contributed by atoms with E-state index in [-0.39, 0.29) is 29.9 Å². The number of halogens is 5. The first kappa shape index (κ1) is 26.0. The van der Waals surface area contributed by atoms with Gasteiger partial charge in [-0.3, -0.25) is 0 Å². The molecule has 0 bridgehead atoms. The largest absolute Gasteiger partial charge is 0.480 e. The monoisotopic (exact) mass is 550 g/mol. The molecule has 2 aromatic heterocycles. The van der Waals surface area contributed by atoms with E-state index in [9.17, 15) is 27.5 Å². The quantitative estimate of drug-likeness (QED) is 0.456. The lowest BCUT2D eigenvalue weighted by Gasteiger charge is -2.37. The van der Waals surface area contributed by atoms with E-state index < -0.39 is 29.6 Å². The van der Waals surface area contributed by atoms with Crippen LogP contribution in [0.1, 0.15) is 18.4 Å². The summed E-state index contributed by atoms with van der Waals surface area (Å²) in [6.07, 6.45) is -2.08. The Hall–Kier alpha value is -3.67. The van der Waals surface area contributed by atoms with Crippen LogP contribution in [0.5, 0.6) is 0 Å². The number of aliphatic carboxylic acids is 1. The summed E-state index contributed by atoms with van der Waals surface area (Å²) in [6.45, 7) is 1.67. The van der Waals surface area contributed by atoms with Gasteiger partial charge in [0.15, 0.2) is 0 Å². The Morgan fingerprint density at radius 2 is 1.76 bits per heavy atom. The Balaban J connectivity index is 1.46. The van der Waals surface area contributed by atoms with Crippen LogP contribution in [0.4, 0.5) is 35.1 Å². The summed E-state index contributed by atoms with van der Waals surface area (Å²) in [6, 6.07) is 7.36. The highest BCUT2D eigenvalue weighted by atomic mass is 35.5. The molecule has 0 amide bonds. The predicted octanol–water partition coefficient (Wildman–Crippen LogP) is 4.73. The highest BCUT2D eigenvalue weighted by molar-refractivity contribution is 6.31. The summed E-state index contributed by atoms with van der Waals surface area (Å²) in [7, 11) is 0. The number of piperazine rings is 1. The number of benzene rings is 1.